The molecule has 0 fully saturated rings. The van der Waals surface area contributed by atoms with Crippen molar-refractivity contribution < 1.29 is 14.6 Å². The zero-order valence-corrected chi connectivity index (χ0v) is 16.0. The highest BCUT2D eigenvalue weighted by Gasteiger charge is 2.15. The zero-order valence-electron chi connectivity index (χ0n) is 16.0. The summed E-state index contributed by atoms with van der Waals surface area (Å²) in [5.74, 6) is -0.498. The van der Waals surface area contributed by atoms with Crippen molar-refractivity contribution in [3.8, 4) is 23.1 Å². The number of unbranched alkanes of at least 4 members (excludes halogenated alkanes) is 1. The first kappa shape index (κ1) is 19.2. The van der Waals surface area contributed by atoms with Gasteiger partial charge in [-0.2, -0.15) is 5.26 Å². The summed E-state index contributed by atoms with van der Waals surface area (Å²) in [7, 11) is 1.61. The van der Waals surface area contributed by atoms with E-state index in [1.54, 1.807) is 13.2 Å². The zero-order chi connectivity index (χ0) is 20.1. The molecular formula is C23H22N2O3. The van der Waals surface area contributed by atoms with Crippen molar-refractivity contribution in [3.05, 3.63) is 59.2 Å². The van der Waals surface area contributed by atoms with Crippen LogP contribution in [-0.2, 0) is 11.2 Å². The molecule has 3 aromatic rings. The van der Waals surface area contributed by atoms with Crippen molar-refractivity contribution in [2.45, 2.75) is 26.2 Å². The lowest BCUT2D eigenvalue weighted by Gasteiger charge is -2.04. The predicted octanol–water partition coefficient (Wildman–Crippen LogP) is 5.18. The van der Waals surface area contributed by atoms with Crippen LogP contribution in [0.2, 0.25) is 0 Å². The number of H-pyrrole nitrogens is 1. The van der Waals surface area contributed by atoms with E-state index in [0.717, 1.165) is 47.2 Å². The first-order valence-corrected chi connectivity index (χ1v) is 9.21. The molecule has 0 aliphatic rings. The van der Waals surface area contributed by atoms with Gasteiger partial charge in [0.15, 0.2) is 0 Å². The number of hydrogen-bond donors (Lipinski definition) is 2. The first-order chi connectivity index (χ1) is 13.6. The van der Waals surface area contributed by atoms with Crippen molar-refractivity contribution in [3.63, 3.8) is 0 Å². The number of rotatable bonds is 7. The number of carboxylic acids is 1. The number of hydrogen-bond acceptors (Lipinski definition) is 3. The molecule has 0 aliphatic carbocycles. The van der Waals surface area contributed by atoms with Gasteiger partial charge in [-0.05, 0) is 66.4 Å². The largest absolute Gasteiger partial charge is 0.497 e. The number of aromatic amines is 1. The van der Waals surface area contributed by atoms with E-state index in [0.29, 0.717) is 5.56 Å². The highest BCUT2D eigenvalue weighted by Crippen LogP contribution is 2.34. The average Bonchev–Trinajstić information content (AvgIpc) is 3.07. The van der Waals surface area contributed by atoms with E-state index < -0.39 is 5.97 Å². The van der Waals surface area contributed by atoms with Gasteiger partial charge in [-0.15, -0.1) is 0 Å². The van der Waals surface area contributed by atoms with Crippen LogP contribution in [0.15, 0.2) is 48.0 Å². The summed E-state index contributed by atoms with van der Waals surface area (Å²) >= 11 is 0. The lowest BCUT2D eigenvalue weighted by atomic mass is 10.00. The van der Waals surface area contributed by atoms with E-state index in [4.69, 9.17) is 4.74 Å². The van der Waals surface area contributed by atoms with Gasteiger partial charge in [0.05, 0.1) is 12.8 Å². The Balaban J connectivity index is 2.22. The van der Waals surface area contributed by atoms with Gasteiger partial charge in [-0.25, -0.2) is 4.79 Å². The van der Waals surface area contributed by atoms with Gasteiger partial charge in [0, 0.05) is 16.5 Å². The second-order valence-electron chi connectivity index (χ2n) is 6.60. The number of benzene rings is 2. The van der Waals surface area contributed by atoms with Gasteiger partial charge in [-0.3, -0.25) is 0 Å². The molecule has 0 saturated carbocycles. The Hall–Kier alpha value is -3.52. The smallest absolute Gasteiger partial charge is 0.346 e. The van der Waals surface area contributed by atoms with E-state index >= 15 is 0 Å². The lowest BCUT2D eigenvalue weighted by Crippen LogP contribution is -1.97. The minimum Gasteiger partial charge on any atom is -0.497 e. The number of fused-ring (bicyclic) bond motifs is 1. The molecule has 142 valence electrons. The van der Waals surface area contributed by atoms with Crippen LogP contribution in [0.25, 0.3) is 28.2 Å². The number of methoxy groups -OCH3 is 1. The number of nitrogens with one attached hydrogen (secondary N) is 1. The summed E-state index contributed by atoms with van der Waals surface area (Å²) in [6, 6.07) is 15.5. The number of aryl methyl sites for hydroxylation is 1. The highest BCUT2D eigenvalue weighted by atomic mass is 16.5. The highest BCUT2D eigenvalue weighted by molar-refractivity contribution is 6.03. The van der Waals surface area contributed by atoms with E-state index in [9.17, 15) is 15.2 Å². The van der Waals surface area contributed by atoms with Crippen molar-refractivity contribution in [2.24, 2.45) is 0 Å². The molecule has 0 saturated heterocycles. The van der Waals surface area contributed by atoms with E-state index in [1.807, 2.05) is 30.3 Å². The van der Waals surface area contributed by atoms with Gasteiger partial charge in [0.2, 0.25) is 0 Å². The minimum atomic E-state index is -1.24. The third kappa shape index (κ3) is 3.91. The van der Waals surface area contributed by atoms with E-state index in [1.165, 1.54) is 11.6 Å². The molecule has 28 heavy (non-hydrogen) atoms. The van der Waals surface area contributed by atoms with Crippen LogP contribution in [-0.4, -0.2) is 23.2 Å². The molecular weight excluding hydrogens is 352 g/mol. The summed E-state index contributed by atoms with van der Waals surface area (Å²) in [5.41, 5.74) is 4.17. The number of carbonyl (C=O) groups is 1. The second kappa shape index (κ2) is 8.45. The Bertz CT molecular complexity index is 1070. The number of carboxylic acid groups (broad SMARTS) is 1. The fourth-order valence-electron chi connectivity index (χ4n) is 3.22. The number of ether oxygens (including phenoxy) is 1. The van der Waals surface area contributed by atoms with Crippen LogP contribution in [0.4, 0.5) is 0 Å². The standard InChI is InChI=1S/C23H22N2O3/c1-3-4-5-15-6-11-21-19(12-15)20(13-17(14-24)23(26)27)22(25-21)16-7-9-18(28-2)10-8-16/h6-13,25H,3-5H2,1-2H3,(H,26,27). The van der Waals surface area contributed by atoms with E-state index in [2.05, 4.69) is 24.0 Å². The Morgan fingerprint density at radius 3 is 2.61 bits per heavy atom. The molecule has 0 amide bonds. The molecule has 0 radical (unpaired) electrons. The fraction of sp³-hybridized carbons (Fsp3) is 0.217. The third-order valence-electron chi connectivity index (χ3n) is 4.74. The fourth-order valence-corrected chi connectivity index (χ4v) is 3.22. The molecule has 0 atom stereocenters. The van der Waals surface area contributed by atoms with Crippen LogP contribution in [0, 0.1) is 11.3 Å². The maximum Gasteiger partial charge on any atom is 0.346 e. The van der Waals surface area contributed by atoms with Crippen LogP contribution < -0.4 is 4.74 Å². The molecule has 5 nitrogen and oxygen atoms in total. The van der Waals surface area contributed by atoms with Gasteiger partial charge in [-0.1, -0.05) is 19.4 Å². The van der Waals surface area contributed by atoms with Gasteiger partial charge < -0.3 is 14.8 Å². The number of aromatic nitrogens is 1. The minimum absolute atomic E-state index is 0.297. The average molecular weight is 374 g/mol. The summed E-state index contributed by atoms with van der Waals surface area (Å²) < 4.78 is 5.22. The van der Waals surface area contributed by atoms with Crippen LogP contribution in [0.5, 0.6) is 5.75 Å². The first-order valence-electron chi connectivity index (χ1n) is 9.21. The number of aliphatic carboxylic acids is 1. The second-order valence-corrected chi connectivity index (χ2v) is 6.60. The molecule has 0 bridgehead atoms. The summed E-state index contributed by atoms with van der Waals surface area (Å²) in [5, 5.41) is 19.5. The lowest BCUT2D eigenvalue weighted by molar-refractivity contribution is -0.132. The maximum atomic E-state index is 11.4. The maximum absolute atomic E-state index is 11.4. The Morgan fingerprint density at radius 2 is 2.00 bits per heavy atom. The molecule has 5 heteroatoms. The quantitative estimate of drug-likeness (QED) is 0.441. The Kier molecular flexibility index (Phi) is 5.81. The molecule has 0 aliphatic heterocycles. The van der Waals surface area contributed by atoms with Gasteiger partial charge >= 0.3 is 5.97 Å². The molecule has 1 heterocycles. The molecule has 2 aromatic carbocycles. The number of nitrogens with zero attached hydrogens (tertiary/aromatic N) is 1. The molecule has 1 aromatic heterocycles. The summed E-state index contributed by atoms with van der Waals surface area (Å²) in [6.45, 7) is 2.15. The molecule has 0 spiro atoms. The third-order valence-corrected chi connectivity index (χ3v) is 4.74. The van der Waals surface area contributed by atoms with E-state index in [-0.39, 0.29) is 5.57 Å². The van der Waals surface area contributed by atoms with Gasteiger partial charge in [0.25, 0.3) is 0 Å². The van der Waals surface area contributed by atoms with Crippen LogP contribution >= 0.6 is 0 Å². The Morgan fingerprint density at radius 1 is 1.25 bits per heavy atom. The normalized spacial score (nSPS) is 11.4. The molecule has 0 unspecified atom stereocenters. The van der Waals surface area contributed by atoms with Gasteiger partial charge in [0.1, 0.15) is 17.4 Å². The van der Waals surface area contributed by atoms with Crippen LogP contribution in [0.1, 0.15) is 30.9 Å². The van der Waals surface area contributed by atoms with Crippen molar-refractivity contribution in [1.29, 1.82) is 5.26 Å². The van der Waals surface area contributed by atoms with Crippen molar-refractivity contribution in [1.82, 2.24) is 4.98 Å². The molecule has 2 N–H and O–H groups in total. The molecule has 3 rings (SSSR count). The summed E-state index contributed by atoms with van der Waals surface area (Å²) in [6.07, 6.45) is 4.60. The van der Waals surface area contributed by atoms with Crippen molar-refractivity contribution in [2.75, 3.05) is 7.11 Å². The monoisotopic (exact) mass is 374 g/mol. The predicted molar refractivity (Wildman–Crippen MR) is 110 cm³/mol. The van der Waals surface area contributed by atoms with Crippen molar-refractivity contribution >= 4 is 22.9 Å². The number of nitriles is 1. The SMILES string of the molecule is CCCCc1ccc2[nH]c(-c3ccc(OC)cc3)c(C=C(C#N)C(=O)O)c2c1. The topological polar surface area (TPSA) is 86.1 Å². The van der Waals surface area contributed by atoms with Crippen LogP contribution in [0.3, 0.4) is 0 Å². The Labute approximate surface area is 163 Å². The summed E-state index contributed by atoms with van der Waals surface area (Å²) in [4.78, 5) is 14.8.